The van der Waals surface area contributed by atoms with Gasteiger partial charge in [0.15, 0.2) is 5.96 Å². The molecule has 2 aromatic heterocycles. The van der Waals surface area contributed by atoms with Gasteiger partial charge in [0, 0.05) is 31.9 Å². The molecule has 3 rings (SSSR count). The summed E-state index contributed by atoms with van der Waals surface area (Å²) in [4.78, 5) is 9.47. The van der Waals surface area contributed by atoms with E-state index in [-0.39, 0.29) is 6.04 Å². The minimum Gasteiger partial charge on any atom is -0.357 e. The van der Waals surface area contributed by atoms with Crippen LogP contribution in [-0.4, -0.2) is 28.4 Å². The van der Waals surface area contributed by atoms with Crippen LogP contribution in [0.1, 0.15) is 42.3 Å². The number of aromatic nitrogens is 2. The molecular weight excluding hydrogens is 334 g/mol. The van der Waals surface area contributed by atoms with Crippen LogP contribution < -0.4 is 10.6 Å². The average molecular weight is 364 g/mol. The van der Waals surface area contributed by atoms with Crippen LogP contribution in [0.15, 0.2) is 53.8 Å². The summed E-state index contributed by atoms with van der Waals surface area (Å²) in [6.07, 6.45) is 4.95. The maximum atomic E-state index is 4.74. The monoisotopic (exact) mass is 363 g/mol. The number of fused-ring (bicyclic) bond motifs is 1. The summed E-state index contributed by atoms with van der Waals surface area (Å²) >= 11 is 0. The first-order valence-corrected chi connectivity index (χ1v) is 9.62. The summed E-state index contributed by atoms with van der Waals surface area (Å²) in [6.45, 7) is 10.0. The lowest BCUT2D eigenvalue weighted by molar-refractivity contribution is 0.682. The molecule has 1 aromatic carbocycles. The van der Waals surface area contributed by atoms with E-state index in [9.17, 15) is 0 Å². The standard InChI is InChI=1S/C22H29N5/c1-5-23-22(25-18(4)20-11-7-6-9-16(20)2)24-13-12-19-15-27-14-8-10-17(3)21(27)26-19/h6-11,14-15,18H,5,12-13H2,1-4H3,(H2,23,24,25). The molecule has 0 aliphatic heterocycles. The van der Waals surface area contributed by atoms with Gasteiger partial charge >= 0.3 is 0 Å². The molecule has 5 heteroatoms. The third-order valence-electron chi connectivity index (χ3n) is 4.72. The summed E-state index contributed by atoms with van der Waals surface area (Å²) < 4.78 is 2.08. The molecule has 1 atom stereocenters. The number of nitrogens with zero attached hydrogens (tertiary/aromatic N) is 3. The van der Waals surface area contributed by atoms with E-state index in [0.717, 1.165) is 30.3 Å². The first-order valence-electron chi connectivity index (χ1n) is 9.62. The van der Waals surface area contributed by atoms with Crippen molar-refractivity contribution >= 4 is 11.6 Å². The highest BCUT2D eigenvalue weighted by molar-refractivity contribution is 5.80. The molecule has 27 heavy (non-hydrogen) atoms. The molecule has 1 unspecified atom stereocenters. The normalized spacial score (nSPS) is 13.0. The Labute approximate surface area is 161 Å². The van der Waals surface area contributed by atoms with E-state index < -0.39 is 0 Å². The molecule has 0 amide bonds. The van der Waals surface area contributed by atoms with Crippen molar-refractivity contribution in [1.82, 2.24) is 20.0 Å². The highest BCUT2D eigenvalue weighted by Crippen LogP contribution is 2.16. The molecule has 3 aromatic rings. The average Bonchev–Trinajstić information content (AvgIpc) is 3.06. The highest BCUT2D eigenvalue weighted by Gasteiger charge is 2.10. The van der Waals surface area contributed by atoms with Gasteiger partial charge in [0.25, 0.3) is 0 Å². The summed E-state index contributed by atoms with van der Waals surface area (Å²) in [6, 6.07) is 12.8. The number of rotatable bonds is 6. The van der Waals surface area contributed by atoms with Gasteiger partial charge in [0.1, 0.15) is 5.65 Å². The van der Waals surface area contributed by atoms with Gasteiger partial charge in [-0.05, 0) is 50.5 Å². The van der Waals surface area contributed by atoms with Crippen molar-refractivity contribution in [2.24, 2.45) is 4.99 Å². The van der Waals surface area contributed by atoms with Crippen molar-refractivity contribution in [3.63, 3.8) is 0 Å². The predicted molar refractivity (Wildman–Crippen MR) is 112 cm³/mol. The van der Waals surface area contributed by atoms with Crippen LogP contribution in [0.3, 0.4) is 0 Å². The molecule has 0 aliphatic rings. The number of nitrogens with one attached hydrogen (secondary N) is 2. The number of hydrogen-bond donors (Lipinski definition) is 2. The van der Waals surface area contributed by atoms with Crippen molar-refractivity contribution in [2.75, 3.05) is 13.1 Å². The van der Waals surface area contributed by atoms with Crippen LogP contribution >= 0.6 is 0 Å². The Morgan fingerprint density at radius 2 is 1.93 bits per heavy atom. The number of guanidine groups is 1. The second-order valence-electron chi connectivity index (χ2n) is 6.89. The van der Waals surface area contributed by atoms with Crippen LogP contribution in [0.5, 0.6) is 0 Å². The van der Waals surface area contributed by atoms with Gasteiger partial charge in [-0.1, -0.05) is 30.3 Å². The molecule has 2 N–H and O–H groups in total. The summed E-state index contributed by atoms with van der Waals surface area (Å²) in [5.41, 5.74) is 5.85. The summed E-state index contributed by atoms with van der Waals surface area (Å²) in [7, 11) is 0. The fourth-order valence-corrected chi connectivity index (χ4v) is 3.28. The van der Waals surface area contributed by atoms with E-state index in [2.05, 4.69) is 79.3 Å². The van der Waals surface area contributed by atoms with E-state index in [1.54, 1.807) is 0 Å². The van der Waals surface area contributed by atoms with Gasteiger partial charge < -0.3 is 15.0 Å². The van der Waals surface area contributed by atoms with E-state index >= 15 is 0 Å². The van der Waals surface area contributed by atoms with E-state index in [1.165, 1.54) is 16.7 Å². The lowest BCUT2D eigenvalue weighted by atomic mass is 10.0. The Morgan fingerprint density at radius 3 is 2.67 bits per heavy atom. The van der Waals surface area contributed by atoms with Crippen LogP contribution in [-0.2, 0) is 6.42 Å². The van der Waals surface area contributed by atoms with E-state index in [4.69, 9.17) is 9.98 Å². The Balaban J connectivity index is 1.66. The minimum atomic E-state index is 0.196. The zero-order chi connectivity index (χ0) is 19.2. The summed E-state index contributed by atoms with van der Waals surface area (Å²) in [5, 5.41) is 6.85. The molecule has 0 spiro atoms. The van der Waals surface area contributed by atoms with Gasteiger partial charge in [-0.3, -0.25) is 4.99 Å². The van der Waals surface area contributed by atoms with Gasteiger partial charge in [-0.25, -0.2) is 4.98 Å². The van der Waals surface area contributed by atoms with Crippen molar-refractivity contribution in [2.45, 2.75) is 40.2 Å². The third kappa shape index (κ3) is 4.67. The van der Waals surface area contributed by atoms with Crippen molar-refractivity contribution < 1.29 is 0 Å². The quantitative estimate of drug-likeness (QED) is 0.517. The van der Waals surface area contributed by atoms with Crippen LogP contribution in [0.4, 0.5) is 0 Å². The lowest BCUT2D eigenvalue weighted by Crippen LogP contribution is -2.39. The second-order valence-corrected chi connectivity index (χ2v) is 6.89. The van der Waals surface area contributed by atoms with Crippen LogP contribution in [0, 0.1) is 13.8 Å². The Morgan fingerprint density at radius 1 is 1.15 bits per heavy atom. The first kappa shape index (κ1) is 19.0. The molecule has 0 saturated carbocycles. The number of aryl methyl sites for hydroxylation is 2. The Bertz CT molecular complexity index is 925. The molecular formula is C22H29N5. The third-order valence-corrected chi connectivity index (χ3v) is 4.72. The minimum absolute atomic E-state index is 0.196. The van der Waals surface area contributed by atoms with Gasteiger partial charge in [0.05, 0.1) is 11.7 Å². The fraction of sp³-hybridized carbons (Fsp3) is 0.364. The number of benzene rings is 1. The Kier molecular flexibility index (Phi) is 6.12. The summed E-state index contributed by atoms with van der Waals surface area (Å²) in [5.74, 6) is 0.841. The van der Waals surface area contributed by atoms with Crippen molar-refractivity contribution in [3.05, 3.63) is 71.2 Å². The second kappa shape index (κ2) is 8.71. The van der Waals surface area contributed by atoms with Gasteiger partial charge in [0.2, 0.25) is 0 Å². The van der Waals surface area contributed by atoms with Gasteiger partial charge in [-0.15, -0.1) is 0 Å². The number of imidazole rings is 1. The molecule has 0 bridgehead atoms. The molecule has 5 nitrogen and oxygen atoms in total. The zero-order valence-electron chi connectivity index (χ0n) is 16.7. The SMILES string of the molecule is CCNC(=NCCc1cn2cccc(C)c2n1)NC(C)c1ccccc1C. The predicted octanol–water partition coefficient (Wildman–Crippen LogP) is 3.81. The molecule has 0 radical (unpaired) electrons. The lowest BCUT2D eigenvalue weighted by Gasteiger charge is -2.19. The molecule has 0 saturated heterocycles. The largest absolute Gasteiger partial charge is 0.357 e. The number of hydrogen-bond acceptors (Lipinski definition) is 2. The highest BCUT2D eigenvalue weighted by atomic mass is 15.2. The molecule has 0 aliphatic carbocycles. The fourth-order valence-electron chi connectivity index (χ4n) is 3.28. The van der Waals surface area contributed by atoms with Crippen LogP contribution in [0.2, 0.25) is 0 Å². The van der Waals surface area contributed by atoms with Crippen LogP contribution in [0.25, 0.3) is 5.65 Å². The maximum absolute atomic E-state index is 4.74. The molecule has 2 heterocycles. The molecule has 142 valence electrons. The zero-order valence-corrected chi connectivity index (χ0v) is 16.7. The van der Waals surface area contributed by atoms with Gasteiger partial charge in [-0.2, -0.15) is 0 Å². The maximum Gasteiger partial charge on any atom is 0.191 e. The number of aliphatic imine (C=N–C) groups is 1. The Hall–Kier alpha value is -2.82. The topological polar surface area (TPSA) is 53.7 Å². The van der Waals surface area contributed by atoms with E-state index in [0.29, 0.717) is 6.54 Å². The van der Waals surface area contributed by atoms with Crippen molar-refractivity contribution in [3.8, 4) is 0 Å². The molecule has 0 fully saturated rings. The first-order chi connectivity index (χ1) is 13.1. The smallest absolute Gasteiger partial charge is 0.191 e. The number of pyridine rings is 1. The van der Waals surface area contributed by atoms with E-state index in [1.807, 2.05) is 12.3 Å². The van der Waals surface area contributed by atoms with Crippen molar-refractivity contribution in [1.29, 1.82) is 0 Å².